The Morgan fingerprint density at radius 3 is 2.86 bits per heavy atom. The number of nitrogens with one attached hydrogen (secondary N) is 1. The van der Waals surface area contributed by atoms with Crippen LogP contribution in [-0.2, 0) is 11.2 Å². The van der Waals surface area contributed by atoms with Crippen LogP contribution in [0.2, 0.25) is 0 Å². The molecule has 1 aromatic carbocycles. The fraction of sp³-hybridized carbons (Fsp3) is 0.357. The van der Waals surface area contributed by atoms with Gasteiger partial charge in [-0.25, -0.2) is 0 Å². The molecule has 0 saturated heterocycles. The predicted molar refractivity (Wildman–Crippen MR) is 88.8 cm³/mol. The molecule has 1 aromatic heterocycles. The third kappa shape index (κ3) is 3.95. The Hall–Kier alpha value is -1.60. The van der Waals surface area contributed by atoms with E-state index in [9.17, 15) is 4.79 Å². The maximum Gasteiger partial charge on any atom is 0.237 e. The molecular weight excluding hydrogens is 304 g/mol. The second-order valence-corrected chi connectivity index (χ2v) is 7.22. The monoisotopic (exact) mass is 322 g/mol. The molecule has 112 valence electrons. The Balaban J connectivity index is 2.07. The topological polar surface area (TPSA) is 80.9 Å². The van der Waals surface area contributed by atoms with Gasteiger partial charge >= 0.3 is 0 Å². The molecule has 0 saturated carbocycles. The van der Waals surface area contributed by atoms with Crippen LogP contribution in [0.1, 0.15) is 25.0 Å². The molecule has 0 aliphatic heterocycles. The number of hydrogen-bond acceptors (Lipinski definition) is 6. The summed E-state index contributed by atoms with van der Waals surface area (Å²) in [6.45, 7) is 5.92. The molecule has 1 atom stereocenters. The largest absolute Gasteiger partial charge is 0.374 e. The summed E-state index contributed by atoms with van der Waals surface area (Å²) in [5, 5.41) is 10.8. The van der Waals surface area contributed by atoms with E-state index in [2.05, 4.69) is 22.4 Å². The SMILES string of the molecule is CCc1cccc(C)c1NC(=O)C(C)Sc1nnc(N)s1. The summed E-state index contributed by atoms with van der Waals surface area (Å²) in [7, 11) is 0. The highest BCUT2D eigenvalue weighted by Gasteiger charge is 2.18. The number of aromatic nitrogens is 2. The molecule has 1 amide bonds. The molecule has 0 radical (unpaired) electrons. The van der Waals surface area contributed by atoms with E-state index >= 15 is 0 Å². The van der Waals surface area contributed by atoms with Crippen LogP contribution in [0.3, 0.4) is 0 Å². The fourth-order valence-electron chi connectivity index (χ4n) is 1.90. The van der Waals surface area contributed by atoms with Crippen LogP contribution >= 0.6 is 23.1 Å². The number of rotatable bonds is 5. The van der Waals surface area contributed by atoms with E-state index in [0.717, 1.165) is 23.2 Å². The van der Waals surface area contributed by atoms with Crippen molar-refractivity contribution in [1.82, 2.24) is 10.2 Å². The van der Waals surface area contributed by atoms with Gasteiger partial charge in [0.1, 0.15) is 0 Å². The van der Waals surface area contributed by atoms with Gasteiger partial charge in [0.2, 0.25) is 11.0 Å². The average Bonchev–Trinajstić information content (AvgIpc) is 2.86. The van der Waals surface area contributed by atoms with Crippen molar-refractivity contribution >= 4 is 39.8 Å². The average molecular weight is 322 g/mol. The van der Waals surface area contributed by atoms with E-state index < -0.39 is 0 Å². The van der Waals surface area contributed by atoms with Crippen molar-refractivity contribution in [1.29, 1.82) is 0 Å². The van der Waals surface area contributed by atoms with Crippen LogP contribution in [-0.4, -0.2) is 21.4 Å². The smallest absolute Gasteiger partial charge is 0.237 e. The minimum atomic E-state index is -0.262. The lowest BCUT2D eigenvalue weighted by Crippen LogP contribution is -2.23. The zero-order chi connectivity index (χ0) is 15.4. The number of thioether (sulfide) groups is 1. The minimum Gasteiger partial charge on any atom is -0.374 e. The maximum absolute atomic E-state index is 12.3. The number of aryl methyl sites for hydroxylation is 2. The standard InChI is InChI=1S/C14H18N4OS2/c1-4-10-7-5-6-8(2)11(10)16-12(19)9(3)20-14-18-17-13(15)21-14/h5-7,9H,4H2,1-3H3,(H2,15,17)(H,16,19). The molecule has 5 nitrogen and oxygen atoms in total. The molecule has 7 heteroatoms. The summed E-state index contributed by atoms with van der Waals surface area (Å²) in [5.41, 5.74) is 8.66. The highest BCUT2D eigenvalue weighted by Crippen LogP contribution is 2.29. The Morgan fingerprint density at radius 2 is 2.24 bits per heavy atom. The normalized spacial score (nSPS) is 12.1. The molecule has 0 bridgehead atoms. The number of amides is 1. The van der Waals surface area contributed by atoms with Crippen LogP contribution in [0.15, 0.2) is 22.5 Å². The number of carbonyl (C=O) groups is 1. The first-order valence-corrected chi connectivity index (χ1v) is 8.35. The van der Waals surface area contributed by atoms with E-state index in [-0.39, 0.29) is 11.2 Å². The lowest BCUT2D eigenvalue weighted by Gasteiger charge is -2.15. The van der Waals surface area contributed by atoms with Crippen molar-refractivity contribution in [2.45, 2.75) is 36.8 Å². The Kier molecular flexibility index (Phi) is 5.19. The molecule has 1 unspecified atom stereocenters. The van der Waals surface area contributed by atoms with Gasteiger partial charge in [0, 0.05) is 5.69 Å². The second kappa shape index (κ2) is 6.91. The summed E-state index contributed by atoms with van der Waals surface area (Å²) in [5.74, 6) is -0.0437. The predicted octanol–water partition coefficient (Wildman–Crippen LogP) is 3.11. The number of hydrogen-bond donors (Lipinski definition) is 2. The molecule has 2 rings (SSSR count). The molecule has 3 N–H and O–H groups in total. The molecule has 0 spiro atoms. The molecule has 1 heterocycles. The molecular formula is C14H18N4OS2. The fourth-order valence-corrected chi connectivity index (χ4v) is 3.68. The summed E-state index contributed by atoms with van der Waals surface area (Å²) in [6, 6.07) is 6.04. The minimum absolute atomic E-state index is 0.0437. The first kappa shape index (κ1) is 15.8. The number of nitrogens with zero attached hydrogens (tertiary/aromatic N) is 2. The van der Waals surface area contributed by atoms with E-state index in [1.54, 1.807) is 0 Å². The molecule has 2 aromatic rings. The Bertz CT molecular complexity index is 642. The maximum atomic E-state index is 12.3. The Labute approximate surface area is 132 Å². The number of benzene rings is 1. The van der Waals surface area contributed by atoms with Gasteiger partial charge in [0.15, 0.2) is 4.34 Å². The first-order chi connectivity index (χ1) is 10.0. The highest BCUT2D eigenvalue weighted by atomic mass is 32.2. The van der Waals surface area contributed by atoms with Crippen LogP contribution in [0.5, 0.6) is 0 Å². The van der Waals surface area contributed by atoms with E-state index in [0.29, 0.717) is 9.47 Å². The van der Waals surface area contributed by atoms with Crippen molar-refractivity contribution in [2.24, 2.45) is 0 Å². The molecule has 21 heavy (non-hydrogen) atoms. The summed E-state index contributed by atoms with van der Waals surface area (Å²) >= 11 is 2.65. The van der Waals surface area contributed by atoms with Gasteiger partial charge in [-0.3, -0.25) is 4.79 Å². The van der Waals surface area contributed by atoms with E-state index in [1.807, 2.05) is 32.0 Å². The molecule has 0 aliphatic carbocycles. The van der Waals surface area contributed by atoms with Crippen molar-refractivity contribution in [3.63, 3.8) is 0 Å². The van der Waals surface area contributed by atoms with Gasteiger partial charge in [-0.2, -0.15) is 0 Å². The van der Waals surface area contributed by atoms with Crippen LogP contribution < -0.4 is 11.1 Å². The number of anilines is 2. The molecule has 0 aliphatic rings. The third-order valence-corrected chi connectivity index (χ3v) is 4.99. The second-order valence-electron chi connectivity index (χ2n) is 4.62. The van der Waals surface area contributed by atoms with Gasteiger partial charge in [-0.1, -0.05) is 48.2 Å². The summed E-state index contributed by atoms with van der Waals surface area (Å²) < 4.78 is 0.704. The van der Waals surface area contributed by atoms with E-state index in [4.69, 9.17) is 5.73 Å². The Morgan fingerprint density at radius 1 is 1.48 bits per heavy atom. The van der Waals surface area contributed by atoms with Gasteiger partial charge in [0.05, 0.1) is 5.25 Å². The zero-order valence-electron chi connectivity index (χ0n) is 12.2. The zero-order valence-corrected chi connectivity index (χ0v) is 13.8. The van der Waals surface area contributed by atoms with Gasteiger partial charge in [-0.15, -0.1) is 10.2 Å². The number of nitrogen functional groups attached to an aromatic ring is 1. The first-order valence-electron chi connectivity index (χ1n) is 6.66. The van der Waals surface area contributed by atoms with Crippen molar-refractivity contribution < 1.29 is 4.79 Å². The highest BCUT2D eigenvalue weighted by molar-refractivity contribution is 8.02. The number of para-hydroxylation sites is 1. The quantitative estimate of drug-likeness (QED) is 0.827. The lowest BCUT2D eigenvalue weighted by atomic mass is 10.1. The summed E-state index contributed by atoms with van der Waals surface area (Å²) in [6.07, 6.45) is 0.881. The number of carbonyl (C=O) groups excluding carboxylic acids is 1. The van der Waals surface area contributed by atoms with Crippen molar-refractivity contribution in [3.8, 4) is 0 Å². The molecule has 0 fully saturated rings. The van der Waals surface area contributed by atoms with Gasteiger partial charge in [-0.05, 0) is 31.4 Å². The van der Waals surface area contributed by atoms with Crippen LogP contribution in [0.25, 0.3) is 0 Å². The summed E-state index contributed by atoms with van der Waals surface area (Å²) in [4.78, 5) is 12.3. The van der Waals surface area contributed by atoms with Crippen LogP contribution in [0.4, 0.5) is 10.8 Å². The van der Waals surface area contributed by atoms with Gasteiger partial charge < -0.3 is 11.1 Å². The van der Waals surface area contributed by atoms with Crippen LogP contribution in [0, 0.1) is 6.92 Å². The lowest BCUT2D eigenvalue weighted by molar-refractivity contribution is -0.115. The third-order valence-electron chi connectivity index (χ3n) is 3.06. The van der Waals surface area contributed by atoms with Crippen molar-refractivity contribution in [3.05, 3.63) is 29.3 Å². The van der Waals surface area contributed by atoms with E-state index in [1.165, 1.54) is 23.1 Å². The van der Waals surface area contributed by atoms with Crippen molar-refractivity contribution in [2.75, 3.05) is 11.1 Å². The van der Waals surface area contributed by atoms with Gasteiger partial charge in [0.25, 0.3) is 0 Å². The number of nitrogens with two attached hydrogens (primary N) is 1.